The predicted molar refractivity (Wildman–Crippen MR) is 95.0 cm³/mol. The average Bonchev–Trinajstić information content (AvgIpc) is 2.97. The number of piperazine rings is 1. The Hall–Kier alpha value is -0.0600. The SMILES string of the molecule is Cl.Cl.Fc1ccc([C@H](C2CCCC2)N2CCNCC2)c(Cl)c1. The van der Waals surface area contributed by atoms with Crippen LogP contribution in [0.3, 0.4) is 0 Å². The summed E-state index contributed by atoms with van der Waals surface area (Å²) in [5.41, 5.74) is 1.11. The molecular formula is C16H24Cl3FN2. The van der Waals surface area contributed by atoms with Gasteiger partial charge >= 0.3 is 0 Å². The summed E-state index contributed by atoms with van der Waals surface area (Å²) in [4.78, 5) is 2.53. The van der Waals surface area contributed by atoms with E-state index in [2.05, 4.69) is 10.2 Å². The molecule has 0 spiro atoms. The highest BCUT2D eigenvalue weighted by Gasteiger charge is 2.33. The van der Waals surface area contributed by atoms with Crippen molar-refractivity contribution < 1.29 is 4.39 Å². The first-order chi connectivity index (χ1) is 9.75. The van der Waals surface area contributed by atoms with Crippen molar-refractivity contribution in [3.63, 3.8) is 0 Å². The van der Waals surface area contributed by atoms with Crippen LogP contribution in [-0.2, 0) is 0 Å². The third kappa shape index (κ3) is 4.48. The lowest BCUT2D eigenvalue weighted by molar-refractivity contribution is 0.125. The molecule has 1 heterocycles. The maximum atomic E-state index is 13.3. The van der Waals surface area contributed by atoms with E-state index in [9.17, 15) is 4.39 Å². The second-order valence-corrected chi connectivity index (χ2v) is 6.35. The van der Waals surface area contributed by atoms with E-state index >= 15 is 0 Å². The van der Waals surface area contributed by atoms with E-state index in [0.29, 0.717) is 17.0 Å². The Bertz CT molecular complexity index is 461. The first-order valence-corrected chi connectivity index (χ1v) is 8.03. The van der Waals surface area contributed by atoms with Crippen LogP contribution in [0.1, 0.15) is 37.3 Å². The van der Waals surface area contributed by atoms with Crippen LogP contribution in [0.25, 0.3) is 0 Å². The fourth-order valence-electron chi connectivity index (χ4n) is 3.72. The smallest absolute Gasteiger partial charge is 0.124 e. The molecule has 0 bridgehead atoms. The third-order valence-electron chi connectivity index (χ3n) is 4.67. The summed E-state index contributed by atoms with van der Waals surface area (Å²) < 4.78 is 13.3. The lowest BCUT2D eigenvalue weighted by Gasteiger charge is -2.39. The molecule has 1 saturated heterocycles. The molecule has 2 nitrogen and oxygen atoms in total. The Labute approximate surface area is 149 Å². The molecule has 2 fully saturated rings. The highest BCUT2D eigenvalue weighted by atomic mass is 35.5. The van der Waals surface area contributed by atoms with Crippen LogP contribution >= 0.6 is 36.4 Å². The molecule has 1 aliphatic carbocycles. The second-order valence-electron chi connectivity index (χ2n) is 5.94. The predicted octanol–water partition coefficient (Wildman–Crippen LogP) is 4.46. The topological polar surface area (TPSA) is 15.3 Å². The van der Waals surface area contributed by atoms with Crippen LogP contribution in [0.2, 0.25) is 5.02 Å². The fraction of sp³-hybridized carbons (Fsp3) is 0.625. The van der Waals surface area contributed by atoms with Gasteiger partial charge in [0.25, 0.3) is 0 Å². The largest absolute Gasteiger partial charge is 0.314 e. The standard InChI is InChI=1S/C16H22ClFN2.2ClH/c17-15-11-13(18)5-6-14(15)16(12-3-1-2-4-12)20-9-7-19-8-10-20;;/h5-6,11-12,16,19H,1-4,7-10H2;2*1H/t16-;;/m0../s1. The number of hydrogen-bond acceptors (Lipinski definition) is 2. The van der Waals surface area contributed by atoms with Gasteiger partial charge in [0.1, 0.15) is 5.82 Å². The van der Waals surface area contributed by atoms with E-state index in [1.54, 1.807) is 6.07 Å². The minimum Gasteiger partial charge on any atom is -0.314 e. The first kappa shape index (κ1) is 20.0. The van der Waals surface area contributed by atoms with E-state index in [4.69, 9.17) is 11.6 Å². The number of benzene rings is 1. The van der Waals surface area contributed by atoms with Crippen molar-refractivity contribution in [1.29, 1.82) is 0 Å². The molecule has 1 aromatic rings. The van der Waals surface area contributed by atoms with E-state index in [1.807, 2.05) is 6.07 Å². The Morgan fingerprint density at radius 2 is 1.77 bits per heavy atom. The van der Waals surface area contributed by atoms with Gasteiger partial charge in [0.15, 0.2) is 0 Å². The van der Waals surface area contributed by atoms with Gasteiger partial charge in [-0.15, -0.1) is 24.8 Å². The van der Waals surface area contributed by atoms with Gasteiger partial charge in [0, 0.05) is 37.2 Å². The van der Waals surface area contributed by atoms with Crippen molar-refractivity contribution in [2.75, 3.05) is 26.2 Å². The van der Waals surface area contributed by atoms with Crippen LogP contribution in [0.5, 0.6) is 0 Å². The zero-order chi connectivity index (χ0) is 13.9. The molecule has 126 valence electrons. The number of rotatable bonds is 3. The summed E-state index contributed by atoms with van der Waals surface area (Å²) in [6, 6.07) is 5.25. The quantitative estimate of drug-likeness (QED) is 0.846. The Kier molecular flexibility index (Phi) is 8.44. The van der Waals surface area contributed by atoms with E-state index in [1.165, 1.54) is 31.7 Å². The molecule has 3 rings (SSSR count). The zero-order valence-corrected chi connectivity index (χ0v) is 15.0. The molecule has 0 amide bonds. The molecule has 1 saturated carbocycles. The molecule has 1 atom stereocenters. The molecule has 0 aromatic heterocycles. The molecular weight excluding hydrogens is 346 g/mol. The zero-order valence-electron chi connectivity index (χ0n) is 12.6. The highest BCUT2D eigenvalue weighted by Crippen LogP contribution is 2.41. The highest BCUT2D eigenvalue weighted by molar-refractivity contribution is 6.31. The van der Waals surface area contributed by atoms with E-state index < -0.39 is 0 Å². The summed E-state index contributed by atoms with van der Waals surface area (Å²) >= 11 is 6.34. The number of halogens is 4. The molecule has 6 heteroatoms. The summed E-state index contributed by atoms with van der Waals surface area (Å²) in [7, 11) is 0. The van der Waals surface area contributed by atoms with E-state index in [-0.39, 0.29) is 30.6 Å². The Morgan fingerprint density at radius 1 is 1.14 bits per heavy atom. The molecule has 1 N–H and O–H groups in total. The molecule has 1 aromatic carbocycles. The summed E-state index contributed by atoms with van der Waals surface area (Å²) in [5, 5.41) is 3.98. The van der Waals surface area contributed by atoms with Gasteiger partial charge < -0.3 is 5.32 Å². The first-order valence-electron chi connectivity index (χ1n) is 7.65. The summed E-state index contributed by atoms with van der Waals surface area (Å²) in [6.07, 6.45) is 5.16. The third-order valence-corrected chi connectivity index (χ3v) is 5.00. The molecule has 2 aliphatic rings. The van der Waals surface area contributed by atoms with Gasteiger partial charge in [-0.3, -0.25) is 4.90 Å². The van der Waals surface area contributed by atoms with Gasteiger partial charge in [-0.2, -0.15) is 0 Å². The maximum absolute atomic E-state index is 13.3. The minimum atomic E-state index is -0.246. The normalized spacial score (nSPS) is 21.0. The van der Waals surface area contributed by atoms with Crippen molar-refractivity contribution >= 4 is 36.4 Å². The van der Waals surface area contributed by atoms with Crippen molar-refractivity contribution in [2.45, 2.75) is 31.7 Å². The fourth-order valence-corrected chi connectivity index (χ4v) is 4.00. The summed E-state index contributed by atoms with van der Waals surface area (Å²) in [6.45, 7) is 4.16. The summed E-state index contributed by atoms with van der Waals surface area (Å²) in [5.74, 6) is 0.417. The Balaban J connectivity index is 0.00000121. The van der Waals surface area contributed by atoms with Crippen LogP contribution < -0.4 is 5.32 Å². The van der Waals surface area contributed by atoms with Gasteiger partial charge in [-0.05, 0) is 36.5 Å². The Morgan fingerprint density at radius 3 is 2.36 bits per heavy atom. The number of hydrogen-bond donors (Lipinski definition) is 1. The molecule has 22 heavy (non-hydrogen) atoms. The van der Waals surface area contributed by atoms with Crippen molar-refractivity contribution in [2.24, 2.45) is 5.92 Å². The minimum absolute atomic E-state index is 0. The van der Waals surface area contributed by atoms with Gasteiger partial charge in [-0.25, -0.2) is 4.39 Å². The molecule has 0 radical (unpaired) electrons. The lowest BCUT2D eigenvalue weighted by Crippen LogP contribution is -2.46. The van der Waals surface area contributed by atoms with Crippen molar-refractivity contribution in [3.8, 4) is 0 Å². The number of nitrogens with zero attached hydrogens (tertiary/aromatic N) is 1. The molecule has 1 aliphatic heterocycles. The monoisotopic (exact) mass is 368 g/mol. The maximum Gasteiger partial charge on any atom is 0.124 e. The second kappa shape index (κ2) is 9.29. The average molecular weight is 370 g/mol. The van der Waals surface area contributed by atoms with Crippen LogP contribution in [0.4, 0.5) is 4.39 Å². The van der Waals surface area contributed by atoms with Crippen LogP contribution in [0.15, 0.2) is 18.2 Å². The van der Waals surface area contributed by atoms with Crippen LogP contribution in [0, 0.1) is 11.7 Å². The van der Waals surface area contributed by atoms with Crippen LogP contribution in [-0.4, -0.2) is 31.1 Å². The lowest BCUT2D eigenvalue weighted by atomic mass is 9.89. The number of nitrogens with one attached hydrogen (secondary N) is 1. The molecule has 0 unspecified atom stereocenters. The van der Waals surface area contributed by atoms with Gasteiger partial charge in [0.2, 0.25) is 0 Å². The van der Waals surface area contributed by atoms with Crippen molar-refractivity contribution in [1.82, 2.24) is 10.2 Å². The van der Waals surface area contributed by atoms with Gasteiger partial charge in [-0.1, -0.05) is 30.5 Å². The van der Waals surface area contributed by atoms with E-state index in [0.717, 1.165) is 31.7 Å². The van der Waals surface area contributed by atoms with Crippen molar-refractivity contribution in [3.05, 3.63) is 34.6 Å². The van der Waals surface area contributed by atoms with Gasteiger partial charge in [0.05, 0.1) is 0 Å².